The van der Waals surface area contributed by atoms with E-state index in [-0.39, 0.29) is 10.8 Å². The lowest BCUT2D eigenvalue weighted by molar-refractivity contribution is 0.0984. The summed E-state index contributed by atoms with van der Waals surface area (Å²) < 4.78 is 33.2. The van der Waals surface area contributed by atoms with Gasteiger partial charge in [0.25, 0.3) is 5.91 Å². The minimum Gasteiger partial charge on any atom is -0.495 e. The molecule has 2 aromatic carbocycles. The van der Waals surface area contributed by atoms with E-state index in [9.17, 15) is 13.2 Å². The Labute approximate surface area is 184 Å². The molecule has 2 aliphatic heterocycles. The van der Waals surface area contributed by atoms with E-state index in [0.717, 1.165) is 55.3 Å². The maximum absolute atomic E-state index is 13.4. The molecule has 0 unspecified atom stereocenters. The summed E-state index contributed by atoms with van der Waals surface area (Å²) in [7, 11) is -1.91. The van der Waals surface area contributed by atoms with Gasteiger partial charge in [0, 0.05) is 25.2 Å². The van der Waals surface area contributed by atoms with Crippen molar-refractivity contribution in [2.75, 3.05) is 31.6 Å². The number of fused-ring (bicyclic) bond motifs is 1. The Morgan fingerprint density at radius 3 is 2.23 bits per heavy atom. The monoisotopic (exact) mass is 442 g/mol. The fourth-order valence-corrected chi connectivity index (χ4v) is 6.09. The summed E-state index contributed by atoms with van der Waals surface area (Å²) in [5.41, 5.74) is 3.60. The Kier molecular flexibility index (Phi) is 6.34. The van der Waals surface area contributed by atoms with E-state index >= 15 is 0 Å². The standard InChI is InChI=1S/C24H30N2O4S/c1-18-9-14-22(30-2)23-21(18)8-7-17-26(23)24(27)19-10-12-20(13-11-19)31(28,29)25-15-5-3-4-6-16-25/h9-14H,3-8,15-17H2,1-2H3. The van der Waals surface area contributed by atoms with Crippen LogP contribution < -0.4 is 9.64 Å². The largest absolute Gasteiger partial charge is 0.495 e. The van der Waals surface area contributed by atoms with Crippen molar-refractivity contribution in [1.82, 2.24) is 4.31 Å². The second kappa shape index (κ2) is 9.01. The highest BCUT2D eigenvalue weighted by Gasteiger charge is 2.29. The number of methoxy groups -OCH3 is 1. The molecule has 1 saturated heterocycles. The Morgan fingerprint density at radius 2 is 1.58 bits per heavy atom. The van der Waals surface area contributed by atoms with Gasteiger partial charge < -0.3 is 9.64 Å². The lowest BCUT2D eigenvalue weighted by atomic mass is 9.95. The molecule has 0 saturated carbocycles. The molecule has 0 aliphatic carbocycles. The third-order valence-corrected chi connectivity index (χ3v) is 8.24. The van der Waals surface area contributed by atoms with Crippen LogP contribution in [0.2, 0.25) is 0 Å². The van der Waals surface area contributed by atoms with Gasteiger partial charge in [0.2, 0.25) is 10.0 Å². The SMILES string of the molecule is COc1ccc(C)c2c1N(C(=O)c1ccc(S(=O)(=O)N3CCCCCC3)cc1)CCC2. The zero-order chi connectivity index (χ0) is 22.0. The average molecular weight is 443 g/mol. The number of anilines is 1. The van der Waals surface area contributed by atoms with Crippen LogP contribution >= 0.6 is 0 Å². The van der Waals surface area contributed by atoms with Crippen LogP contribution in [0.3, 0.4) is 0 Å². The van der Waals surface area contributed by atoms with Crippen molar-refractivity contribution < 1.29 is 17.9 Å². The smallest absolute Gasteiger partial charge is 0.258 e. The molecule has 2 aliphatic rings. The van der Waals surface area contributed by atoms with Crippen LogP contribution in [0.25, 0.3) is 0 Å². The van der Waals surface area contributed by atoms with Crippen LogP contribution in [0, 0.1) is 6.92 Å². The third-order valence-electron chi connectivity index (χ3n) is 6.33. The Hall–Kier alpha value is -2.38. The topological polar surface area (TPSA) is 66.9 Å². The highest BCUT2D eigenvalue weighted by atomic mass is 32.2. The number of carbonyl (C=O) groups is 1. The molecule has 1 fully saturated rings. The predicted octanol–water partition coefficient (Wildman–Crippen LogP) is 4.16. The number of aryl methyl sites for hydroxylation is 1. The number of ether oxygens (including phenoxy) is 1. The molecule has 7 heteroatoms. The minimum absolute atomic E-state index is 0.136. The molecule has 166 valence electrons. The maximum atomic E-state index is 13.4. The Bertz CT molecular complexity index is 1060. The number of amides is 1. The van der Waals surface area contributed by atoms with Crippen molar-refractivity contribution >= 4 is 21.6 Å². The van der Waals surface area contributed by atoms with Gasteiger partial charge in [0.15, 0.2) is 0 Å². The van der Waals surface area contributed by atoms with E-state index in [0.29, 0.717) is 30.9 Å². The summed E-state index contributed by atoms with van der Waals surface area (Å²) in [6, 6.07) is 10.3. The van der Waals surface area contributed by atoms with Gasteiger partial charge in [0.1, 0.15) is 5.75 Å². The summed E-state index contributed by atoms with van der Waals surface area (Å²) >= 11 is 0. The van der Waals surface area contributed by atoms with Gasteiger partial charge in [-0.1, -0.05) is 18.9 Å². The molecular weight excluding hydrogens is 412 g/mol. The van der Waals surface area contributed by atoms with Crippen molar-refractivity contribution in [1.29, 1.82) is 0 Å². The molecule has 2 aromatic rings. The van der Waals surface area contributed by atoms with Gasteiger partial charge in [-0.25, -0.2) is 8.42 Å². The highest BCUT2D eigenvalue weighted by Crippen LogP contribution is 2.39. The van der Waals surface area contributed by atoms with E-state index in [4.69, 9.17) is 4.74 Å². The van der Waals surface area contributed by atoms with Crippen LogP contribution in [0.5, 0.6) is 5.75 Å². The molecular formula is C24H30N2O4S. The number of carbonyl (C=O) groups excluding carboxylic acids is 1. The lowest BCUT2D eigenvalue weighted by Gasteiger charge is -2.32. The summed E-state index contributed by atoms with van der Waals surface area (Å²) in [4.78, 5) is 15.4. The van der Waals surface area contributed by atoms with Crippen molar-refractivity contribution in [3.05, 3.63) is 53.1 Å². The van der Waals surface area contributed by atoms with Gasteiger partial charge >= 0.3 is 0 Å². The number of benzene rings is 2. The molecule has 0 N–H and O–H groups in total. The zero-order valence-corrected chi connectivity index (χ0v) is 19.1. The van der Waals surface area contributed by atoms with Crippen LogP contribution in [0.1, 0.15) is 53.6 Å². The van der Waals surface area contributed by atoms with Crippen LogP contribution in [0.15, 0.2) is 41.3 Å². The van der Waals surface area contributed by atoms with Gasteiger partial charge in [-0.05, 0) is 74.1 Å². The van der Waals surface area contributed by atoms with Crippen LogP contribution in [0.4, 0.5) is 5.69 Å². The van der Waals surface area contributed by atoms with Crippen molar-refractivity contribution in [2.24, 2.45) is 0 Å². The first-order valence-corrected chi connectivity index (χ1v) is 12.5. The van der Waals surface area contributed by atoms with Gasteiger partial charge in [-0.15, -0.1) is 0 Å². The van der Waals surface area contributed by atoms with E-state index in [1.165, 1.54) is 0 Å². The number of hydrogen-bond donors (Lipinski definition) is 0. The molecule has 1 amide bonds. The van der Waals surface area contributed by atoms with E-state index < -0.39 is 10.0 Å². The lowest BCUT2D eigenvalue weighted by Crippen LogP contribution is -2.36. The summed E-state index contributed by atoms with van der Waals surface area (Å²) in [5.74, 6) is 0.553. The number of nitrogens with zero attached hydrogens (tertiary/aromatic N) is 2. The molecule has 31 heavy (non-hydrogen) atoms. The molecule has 4 rings (SSSR count). The first kappa shape index (κ1) is 21.8. The van der Waals surface area contributed by atoms with E-state index in [1.54, 1.807) is 40.6 Å². The van der Waals surface area contributed by atoms with Gasteiger partial charge in [-0.2, -0.15) is 4.31 Å². The highest BCUT2D eigenvalue weighted by molar-refractivity contribution is 7.89. The van der Waals surface area contributed by atoms with E-state index in [1.807, 2.05) is 12.1 Å². The Morgan fingerprint density at radius 1 is 0.903 bits per heavy atom. The molecule has 0 atom stereocenters. The Balaban J connectivity index is 1.61. The minimum atomic E-state index is -3.53. The van der Waals surface area contributed by atoms with Crippen molar-refractivity contribution in [2.45, 2.75) is 50.3 Å². The second-order valence-electron chi connectivity index (χ2n) is 8.31. The molecule has 0 bridgehead atoms. The third kappa shape index (κ3) is 4.21. The number of hydrogen-bond acceptors (Lipinski definition) is 4. The quantitative estimate of drug-likeness (QED) is 0.713. The molecule has 0 aromatic heterocycles. The summed E-state index contributed by atoms with van der Waals surface area (Å²) in [6.45, 7) is 3.79. The predicted molar refractivity (Wildman–Crippen MR) is 121 cm³/mol. The zero-order valence-electron chi connectivity index (χ0n) is 18.3. The maximum Gasteiger partial charge on any atom is 0.258 e. The molecule has 2 heterocycles. The van der Waals surface area contributed by atoms with Gasteiger partial charge in [0.05, 0.1) is 17.7 Å². The fourth-order valence-electron chi connectivity index (χ4n) is 4.58. The molecule has 0 radical (unpaired) electrons. The first-order chi connectivity index (χ1) is 14.9. The normalized spacial score (nSPS) is 17.7. The summed E-state index contributed by atoms with van der Waals surface area (Å²) in [5, 5.41) is 0. The van der Waals surface area contributed by atoms with Crippen LogP contribution in [-0.4, -0.2) is 45.4 Å². The molecule has 0 spiro atoms. The fraction of sp³-hybridized carbons (Fsp3) is 0.458. The number of rotatable bonds is 4. The van der Waals surface area contributed by atoms with Gasteiger partial charge in [-0.3, -0.25) is 4.79 Å². The first-order valence-electron chi connectivity index (χ1n) is 11.0. The van der Waals surface area contributed by atoms with Crippen molar-refractivity contribution in [3.8, 4) is 5.75 Å². The average Bonchev–Trinajstić information content (AvgIpc) is 3.09. The second-order valence-corrected chi connectivity index (χ2v) is 10.3. The summed E-state index contributed by atoms with van der Waals surface area (Å²) in [6.07, 6.45) is 5.72. The van der Waals surface area contributed by atoms with Crippen LogP contribution in [-0.2, 0) is 16.4 Å². The molecule has 6 nitrogen and oxygen atoms in total. The van der Waals surface area contributed by atoms with E-state index in [2.05, 4.69) is 6.92 Å². The van der Waals surface area contributed by atoms with Crippen molar-refractivity contribution in [3.63, 3.8) is 0 Å². The number of sulfonamides is 1.